The number of nitrogens with zero attached hydrogens (tertiary/aromatic N) is 3. The molecular formula is C16H23N5O. The maximum Gasteiger partial charge on any atom is 0.216 e. The highest BCUT2D eigenvalue weighted by molar-refractivity contribution is 5.92. The Bertz CT molecular complexity index is 683. The largest absolute Gasteiger partial charge is 0.481 e. The van der Waals surface area contributed by atoms with E-state index in [4.69, 9.17) is 10.5 Å². The van der Waals surface area contributed by atoms with Crippen LogP contribution in [0.3, 0.4) is 0 Å². The summed E-state index contributed by atoms with van der Waals surface area (Å²) in [5, 5.41) is 7.45. The van der Waals surface area contributed by atoms with E-state index in [9.17, 15) is 0 Å². The lowest BCUT2D eigenvalue weighted by Crippen LogP contribution is -2.22. The zero-order valence-electron chi connectivity index (χ0n) is 13.8. The maximum absolute atomic E-state index is 5.97. The first-order valence-electron chi connectivity index (χ1n) is 7.12. The molecule has 1 aromatic carbocycles. The minimum atomic E-state index is 0.371. The lowest BCUT2D eigenvalue weighted by molar-refractivity contribution is 0.369. The number of benzene rings is 1. The monoisotopic (exact) mass is 301 g/mol. The molecule has 118 valence electrons. The smallest absolute Gasteiger partial charge is 0.216 e. The molecule has 2 rings (SSSR count). The number of methoxy groups -OCH3 is 1. The Morgan fingerprint density at radius 2 is 1.91 bits per heavy atom. The Kier molecular flexibility index (Phi) is 4.70. The molecule has 0 aliphatic heterocycles. The van der Waals surface area contributed by atoms with Crippen LogP contribution in [0, 0.1) is 20.8 Å². The van der Waals surface area contributed by atoms with Gasteiger partial charge in [-0.1, -0.05) is 6.07 Å². The quantitative estimate of drug-likeness (QED) is 0.671. The molecule has 0 unspecified atom stereocenters. The van der Waals surface area contributed by atoms with Crippen molar-refractivity contribution in [2.24, 2.45) is 17.8 Å². The van der Waals surface area contributed by atoms with Crippen LogP contribution in [0.5, 0.6) is 5.88 Å². The number of hydrogen-bond acceptors (Lipinski definition) is 3. The van der Waals surface area contributed by atoms with Crippen molar-refractivity contribution in [3.8, 4) is 5.88 Å². The summed E-state index contributed by atoms with van der Waals surface area (Å²) in [5.41, 5.74) is 11.1. The Morgan fingerprint density at radius 3 is 2.50 bits per heavy atom. The molecule has 1 aromatic heterocycles. The zero-order chi connectivity index (χ0) is 16.3. The van der Waals surface area contributed by atoms with Gasteiger partial charge in [-0.2, -0.15) is 5.10 Å². The van der Waals surface area contributed by atoms with Gasteiger partial charge in [-0.25, -0.2) is 9.67 Å². The van der Waals surface area contributed by atoms with Gasteiger partial charge in [-0.3, -0.25) is 0 Å². The molecule has 0 bridgehead atoms. The second kappa shape index (κ2) is 6.51. The van der Waals surface area contributed by atoms with E-state index in [-0.39, 0.29) is 0 Å². The van der Waals surface area contributed by atoms with Crippen LogP contribution in [0.15, 0.2) is 23.2 Å². The number of hydrogen-bond donors (Lipinski definition) is 2. The third kappa shape index (κ3) is 3.58. The van der Waals surface area contributed by atoms with Crippen molar-refractivity contribution in [3.05, 3.63) is 40.6 Å². The number of rotatable bonds is 4. The molecule has 0 saturated carbocycles. The summed E-state index contributed by atoms with van der Waals surface area (Å²) in [6.45, 7) is 6.46. The van der Waals surface area contributed by atoms with Gasteiger partial charge in [0.1, 0.15) is 0 Å². The fourth-order valence-electron chi connectivity index (χ4n) is 2.52. The minimum absolute atomic E-state index is 0.371. The summed E-state index contributed by atoms with van der Waals surface area (Å²) in [5.74, 6) is 1.08. The van der Waals surface area contributed by atoms with E-state index in [1.807, 2.05) is 26.1 Å². The topological polar surface area (TPSA) is 77.5 Å². The Labute approximate surface area is 131 Å². The average Bonchev–Trinajstić information content (AvgIpc) is 2.68. The van der Waals surface area contributed by atoms with Gasteiger partial charge in [-0.05, 0) is 44.0 Å². The normalized spacial score (nSPS) is 11.6. The zero-order valence-corrected chi connectivity index (χ0v) is 13.8. The highest BCUT2D eigenvalue weighted by atomic mass is 16.5. The Balaban J connectivity index is 2.13. The summed E-state index contributed by atoms with van der Waals surface area (Å²) in [6, 6.07) is 6.18. The lowest BCUT2D eigenvalue weighted by Gasteiger charge is -2.08. The summed E-state index contributed by atoms with van der Waals surface area (Å²) < 4.78 is 7.05. The number of guanidine groups is 1. The second-order valence-corrected chi connectivity index (χ2v) is 5.40. The first kappa shape index (κ1) is 15.9. The van der Waals surface area contributed by atoms with Crippen LogP contribution in [0.2, 0.25) is 0 Å². The fraction of sp³-hybridized carbons (Fsp3) is 0.375. The van der Waals surface area contributed by atoms with Crippen LogP contribution in [0.1, 0.15) is 22.4 Å². The molecule has 22 heavy (non-hydrogen) atoms. The number of aromatic nitrogens is 2. The molecule has 0 atom stereocenters. The summed E-state index contributed by atoms with van der Waals surface area (Å²) in [6.07, 6.45) is 0. The molecule has 2 aromatic rings. The number of nitrogens with one attached hydrogen (secondary N) is 1. The fourth-order valence-corrected chi connectivity index (χ4v) is 2.52. The summed E-state index contributed by atoms with van der Waals surface area (Å²) >= 11 is 0. The van der Waals surface area contributed by atoms with Crippen molar-refractivity contribution in [3.63, 3.8) is 0 Å². The van der Waals surface area contributed by atoms with Crippen molar-refractivity contribution in [1.29, 1.82) is 0 Å². The van der Waals surface area contributed by atoms with E-state index in [0.29, 0.717) is 18.4 Å². The number of aliphatic imine (C=N–C) groups is 1. The van der Waals surface area contributed by atoms with Gasteiger partial charge in [-0.15, -0.1) is 0 Å². The predicted molar refractivity (Wildman–Crippen MR) is 89.4 cm³/mol. The van der Waals surface area contributed by atoms with Crippen LogP contribution in [0.4, 0.5) is 5.69 Å². The standard InChI is InChI=1S/C16H23N5O/c1-10-6-11(2)8-13(7-10)19-16(17)18-9-14-12(3)20-21(4)15(14)22-5/h6-8H,9H2,1-5H3,(H3,17,18,19). The van der Waals surface area contributed by atoms with E-state index in [0.717, 1.165) is 16.9 Å². The number of nitrogens with two attached hydrogens (primary N) is 1. The molecule has 0 radical (unpaired) electrons. The van der Waals surface area contributed by atoms with Crippen LogP contribution in [0.25, 0.3) is 0 Å². The molecule has 0 spiro atoms. The molecule has 0 aliphatic carbocycles. The molecule has 1 heterocycles. The molecule has 0 aliphatic rings. The molecule has 0 saturated heterocycles. The molecule has 6 heteroatoms. The Morgan fingerprint density at radius 1 is 1.27 bits per heavy atom. The van der Waals surface area contributed by atoms with Gasteiger partial charge in [0.15, 0.2) is 5.96 Å². The van der Waals surface area contributed by atoms with Crippen LogP contribution < -0.4 is 15.8 Å². The molecule has 6 nitrogen and oxygen atoms in total. The predicted octanol–water partition coefficient (Wildman–Crippen LogP) is 2.28. The van der Waals surface area contributed by atoms with Crippen LogP contribution in [-0.2, 0) is 13.6 Å². The maximum atomic E-state index is 5.97. The third-order valence-electron chi connectivity index (χ3n) is 3.38. The van der Waals surface area contributed by atoms with E-state index in [1.165, 1.54) is 11.1 Å². The van der Waals surface area contributed by atoms with Gasteiger partial charge < -0.3 is 15.8 Å². The van der Waals surface area contributed by atoms with Gasteiger partial charge in [0, 0.05) is 12.7 Å². The Hall–Kier alpha value is -2.50. The van der Waals surface area contributed by atoms with Crippen molar-refractivity contribution in [2.45, 2.75) is 27.3 Å². The van der Waals surface area contributed by atoms with Crippen molar-refractivity contribution >= 4 is 11.6 Å². The van der Waals surface area contributed by atoms with Crippen molar-refractivity contribution in [1.82, 2.24) is 9.78 Å². The average molecular weight is 301 g/mol. The van der Waals surface area contributed by atoms with E-state index >= 15 is 0 Å². The molecular weight excluding hydrogens is 278 g/mol. The van der Waals surface area contributed by atoms with Gasteiger partial charge >= 0.3 is 0 Å². The number of anilines is 1. The van der Waals surface area contributed by atoms with E-state index in [1.54, 1.807) is 11.8 Å². The van der Waals surface area contributed by atoms with Crippen molar-refractivity contribution in [2.75, 3.05) is 12.4 Å². The molecule has 0 fully saturated rings. The number of ether oxygens (including phenoxy) is 1. The summed E-state index contributed by atoms with van der Waals surface area (Å²) in [4.78, 5) is 4.38. The van der Waals surface area contributed by atoms with Crippen molar-refractivity contribution < 1.29 is 4.74 Å². The van der Waals surface area contributed by atoms with Gasteiger partial charge in [0.05, 0.1) is 24.9 Å². The van der Waals surface area contributed by atoms with Crippen LogP contribution >= 0.6 is 0 Å². The van der Waals surface area contributed by atoms with E-state index < -0.39 is 0 Å². The molecule has 3 N–H and O–H groups in total. The SMILES string of the molecule is COc1c(CN=C(N)Nc2cc(C)cc(C)c2)c(C)nn1C. The second-order valence-electron chi connectivity index (χ2n) is 5.40. The third-order valence-corrected chi connectivity index (χ3v) is 3.38. The highest BCUT2D eigenvalue weighted by Crippen LogP contribution is 2.21. The first-order chi connectivity index (χ1) is 10.4. The minimum Gasteiger partial charge on any atom is -0.481 e. The molecule has 0 amide bonds. The first-order valence-corrected chi connectivity index (χ1v) is 7.12. The van der Waals surface area contributed by atoms with Gasteiger partial charge in [0.2, 0.25) is 5.88 Å². The van der Waals surface area contributed by atoms with Crippen LogP contribution in [-0.4, -0.2) is 22.8 Å². The summed E-state index contributed by atoms with van der Waals surface area (Å²) in [7, 11) is 3.47. The highest BCUT2D eigenvalue weighted by Gasteiger charge is 2.13. The van der Waals surface area contributed by atoms with Gasteiger partial charge in [0.25, 0.3) is 0 Å². The lowest BCUT2D eigenvalue weighted by atomic mass is 10.1. The van der Waals surface area contributed by atoms with E-state index in [2.05, 4.69) is 35.3 Å². The number of aryl methyl sites for hydroxylation is 4.